The highest BCUT2D eigenvalue weighted by molar-refractivity contribution is 5.71. The molecule has 0 aromatic carbocycles. The molecule has 0 heterocycles. The van der Waals surface area contributed by atoms with Gasteiger partial charge in [0.15, 0.2) is 6.10 Å². The lowest BCUT2D eigenvalue weighted by Gasteiger charge is -2.18. The summed E-state index contributed by atoms with van der Waals surface area (Å²) in [4.78, 5) is 38.5. The lowest BCUT2D eigenvalue weighted by Crippen LogP contribution is -2.30. The average molecular weight is 1140 g/mol. The maximum Gasteiger partial charge on any atom is 0.306 e. The molecule has 0 aromatic heterocycles. The number of esters is 3. The Balaban J connectivity index is 4.31. The van der Waals surface area contributed by atoms with Crippen molar-refractivity contribution in [3.63, 3.8) is 0 Å². The van der Waals surface area contributed by atoms with Crippen molar-refractivity contribution in [2.45, 2.75) is 367 Å². The normalized spacial score (nSPS) is 12.6. The van der Waals surface area contributed by atoms with Crippen LogP contribution >= 0.6 is 0 Å². The first-order valence-corrected chi connectivity index (χ1v) is 35.6. The predicted octanol–water partition coefficient (Wildman–Crippen LogP) is 24.6. The Kier molecular flexibility index (Phi) is 67.2. The molecule has 0 amide bonds. The zero-order valence-corrected chi connectivity index (χ0v) is 54.5. The third-order valence-electron chi connectivity index (χ3n) is 15.6. The summed E-state index contributed by atoms with van der Waals surface area (Å²) < 4.78 is 17.0. The Morgan fingerprint density at radius 1 is 0.256 bits per heavy atom. The van der Waals surface area contributed by atoms with Crippen molar-refractivity contribution < 1.29 is 28.6 Å². The number of carbonyl (C=O) groups excluding carboxylic acids is 3. The van der Waals surface area contributed by atoms with Crippen LogP contribution in [0.5, 0.6) is 0 Å². The van der Waals surface area contributed by atoms with E-state index in [1.165, 1.54) is 199 Å². The van der Waals surface area contributed by atoms with Gasteiger partial charge in [-0.05, 0) is 96.3 Å². The Morgan fingerprint density at radius 3 is 0.768 bits per heavy atom. The molecule has 0 fully saturated rings. The van der Waals surface area contributed by atoms with Crippen LogP contribution in [-0.2, 0) is 28.6 Å². The predicted molar refractivity (Wildman–Crippen MR) is 358 cm³/mol. The molecule has 0 aliphatic rings. The number of hydrogen-bond donors (Lipinski definition) is 0. The second-order valence-corrected chi connectivity index (χ2v) is 23.8. The molecule has 0 saturated carbocycles. The molecule has 0 aromatic rings. The van der Waals surface area contributed by atoms with E-state index < -0.39 is 6.10 Å². The Labute approximate surface area is 509 Å². The lowest BCUT2D eigenvalue weighted by atomic mass is 10.0. The van der Waals surface area contributed by atoms with Crippen LogP contribution in [0.4, 0.5) is 0 Å². The summed E-state index contributed by atoms with van der Waals surface area (Å²) in [6, 6.07) is 0. The number of allylic oxidation sites excluding steroid dienone is 14. The van der Waals surface area contributed by atoms with Gasteiger partial charge in [0.25, 0.3) is 0 Å². The maximum absolute atomic E-state index is 12.9. The minimum absolute atomic E-state index is 0.0873. The molecule has 1 unspecified atom stereocenters. The minimum Gasteiger partial charge on any atom is -0.462 e. The van der Waals surface area contributed by atoms with Gasteiger partial charge in [-0.1, -0.05) is 331 Å². The second-order valence-electron chi connectivity index (χ2n) is 23.8. The number of carbonyl (C=O) groups is 3. The molecule has 474 valence electrons. The highest BCUT2D eigenvalue weighted by Gasteiger charge is 2.19. The Bertz CT molecular complexity index is 1550. The highest BCUT2D eigenvalue weighted by Crippen LogP contribution is 2.18. The van der Waals surface area contributed by atoms with Gasteiger partial charge in [-0.2, -0.15) is 0 Å². The monoisotopic (exact) mass is 1140 g/mol. The molecule has 0 aliphatic heterocycles. The largest absolute Gasteiger partial charge is 0.462 e. The molecule has 0 saturated heterocycles. The Morgan fingerprint density at radius 2 is 0.476 bits per heavy atom. The van der Waals surface area contributed by atoms with Crippen LogP contribution < -0.4 is 0 Å². The van der Waals surface area contributed by atoms with E-state index >= 15 is 0 Å². The van der Waals surface area contributed by atoms with Gasteiger partial charge in [-0.15, -0.1) is 0 Å². The molecule has 6 heteroatoms. The first-order valence-electron chi connectivity index (χ1n) is 35.6. The molecule has 0 aliphatic carbocycles. The van der Waals surface area contributed by atoms with Gasteiger partial charge in [0.2, 0.25) is 0 Å². The number of ether oxygens (including phenoxy) is 3. The van der Waals surface area contributed by atoms with E-state index in [0.717, 1.165) is 122 Å². The number of unbranched alkanes of at least 4 members (excludes halogenated alkanes) is 40. The molecular weight excluding hydrogens is 1010 g/mol. The molecule has 0 radical (unpaired) electrons. The van der Waals surface area contributed by atoms with E-state index in [1.807, 2.05) is 0 Å². The van der Waals surface area contributed by atoms with Crippen molar-refractivity contribution in [2.75, 3.05) is 13.2 Å². The zero-order chi connectivity index (χ0) is 59.2. The van der Waals surface area contributed by atoms with Crippen molar-refractivity contribution >= 4 is 17.9 Å². The minimum atomic E-state index is -0.796. The van der Waals surface area contributed by atoms with Crippen LogP contribution in [0.1, 0.15) is 361 Å². The van der Waals surface area contributed by atoms with E-state index in [0.29, 0.717) is 19.3 Å². The van der Waals surface area contributed by atoms with Crippen molar-refractivity contribution in [1.29, 1.82) is 0 Å². The Hall–Kier alpha value is -3.41. The summed E-state index contributed by atoms with van der Waals surface area (Å²) in [7, 11) is 0. The van der Waals surface area contributed by atoms with Gasteiger partial charge in [-0.25, -0.2) is 0 Å². The fourth-order valence-corrected chi connectivity index (χ4v) is 10.3. The average Bonchev–Trinajstić information content (AvgIpc) is 3.47. The third-order valence-corrected chi connectivity index (χ3v) is 15.6. The van der Waals surface area contributed by atoms with Crippen molar-refractivity contribution in [3.8, 4) is 0 Å². The van der Waals surface area contributed by atoms with Gasteiger partial charge in [0.1, 0.15) is 13.2 Å². The van der Waals surface area contributed by atoms with Gasteiger partial charge in [-0.3, -0.25) is 14.4 Å². The van der Waals surface area contributed by atoms with Crippen LogP contribution in [-0.4, -0.2) is 37.2 Å². The SMILES string of the molecule is CC/C=C\C/C=C\C/C=C\C/C=C\CCCCCCC(=O)OCC(COC(=O)CCCCCCCCCCCCCCCCCCCCCCCCCCCCCC)OC(=O)CCCCCCCC/C=C\C/C=C\C/C=C\CCCCC. The van der Waals surface area contributed by atoms with Crippen LogP contribution in [0, 0.1) is 0 Å². The molecule has 0 N–H and O–H groups in total. The molecular formula is C76H134O6. The van der Waals surface area contributed by atoms with Crippen molar-refractivity contribution in [2.24, 2.45) is 0 Å². The van der Waals surface area contributed by atoms with Crippen molar-refractivity contribution in [3.05, 3.63) is 85.1 Å². The molecule has 1 atom stereocenters. The van der Waals surface area contributed by atoms with E-state index in [2.05, 4.69) is 106 Å². The molecule has 0 spiro atoms. The van der Waals surface area contributed by atoms with E-state index in [1.54, 1.807) is 0 Å². The van der Waals surface area contributed by atoms with Gasteiger partial charge in [0.05, 0.1) is 0 Å². The lowest BCUT2D eigenvalue weighted by molar-refractivity contribution is -0.167. The summed E-state index contributed by atoms with van der Waals surface area (Å²) >= 11 is 0. The van der Waals surface area contributed by atoms with E-state index in [-0.39, 0.29) is 31.1 Å². The van der Waals surface area contributed by atoms with Gasteiger partial charge < -0.3 is 14.2 Å². The number of hydrogen-bond acceptors (Lipinski definition) is 6. The summed E-state index contributed by atoms with van der Waals surface area (Å²) in [5.74, 6) is -0.907. The first-order chi connectivity index (χ1) is 40.5. The van der Waals surface area contributed by atoms with Gasteiger partial charge >= 0.3 is 17.9 Å². The summed E-state index contributed by atoms with van der Waals surface area (Å²) in [5.41, 5.74) is 0. The first kappa shape index (κ1) is 78.6. The number of rotatable bonds is 65. The van der Waals surface area contributed by atoms with Crippen molar-refractivity contribution in [1.82, 2.24) is 0 Å². The second kappa shape index (κ2) is 70.1. The van der Waals surface area contributed by atoms with E-state index in [9.17, 15) is 14.4 Å². The smallest absolute Gasteiger partial charge is 0.306 e. The fraction of sp³-hybridized carbons (Fsp3) is 0.776. The summed E-state index contributed by atoms with van der Waals surface area (Å²) in [5, 5.41) is 0. The zero-order valence-electron chi connectivity index (χ0n) is 54.5. The summed E-state index contributed by atoms with van der Waals surface area (Å²) in [6.45, 7) is 6.52. The highest BCUT2D eigenvalue weighted by atomic mass is 16.6. The van der Waals surface area contributed by atoms with Crippen LogP contribution in [0.25, 0.3) is 0 Å². The van der Waals surface area contributed by atoms with Crippen LogP contribution in [0.3, 0.4) is 0 Å². The van der Waals surface area contributed by atoms with E-state index in [4.69, 9.17) is 14.2 Å². The third kappa shape index (κ3) is 67.4. The van der Waals surface area contributed by atoms with Gasteiger partial charge in [0, 0.05) is 19.3 Å². The molecule has 0 bridgehead atoms. The topological polar surface area (TPSA) is 78.9 Å². The summed E-state index contributed by atoms with van der Waals surface area (Å²) in [6.07, 6.45) is 93.3. The van der Waals surface area contributed by atoms with Crippen LogP contribution in [0.15, 0.2) is 85.1 Å². The molecule has 82 heavy (non-hydrogen) atoms. The molecule has 0 rings (SSSR count). The fourth-order valence-electron chi connectivity index (χ4n) is 10.3. The maximum atomic E-state index is 12.9. The van der Waals surface area contributed by atoms with Crippen LogP contribution in [0.2, 0.25) is 0 Å². The standard InChI is InChI=1S/C76H134O6/c1-4-7-10-13-16-19-22-25-28-31-33-34-35-36-37-38-39-40-41-43-45-48-51-54-57-60-63-66-69-75(78)81-72-73(71-80-74(77)68-65-62-59-56-53-50-47-44-30-27-24-21-18-15-12-9-6-3)82-76(79)70-67-64-61-58-55-52-49-46-42-32-29-26-23-20-17-14-11-8-5-2/h9,12,17-18,20-21,26-27,29-30,42,46-47,50,73H,4-8,10-11,13-16,19,22-25,28,31-41,43-45,48-49,51-72H2,1-3H3/b12-9-,20-17-,21-18-,29-26-,30-27-,46-42-,50-47-. The molecule has 6 nitrogen and oxygen atoms in total. The quantitative estimate of drug-likeness (QED) is 0.0261.